The van der Waals surface area contributed by atoms with Gasteiger partial charge in [0.15, 0.2) is 5.78 Å². The van der Waals surface area contributed by atoms with Crippen molar-refractivity contribution in [3.8, 4) is 5.69 Å². The topological polar surface area (TPSA) is 47.8 Å². The second-order valence-electron chi connectivity index (χ2n) is 4.12. The van der Waals surface area contributed by atoms with Crippen LogP contribution in [0.5, 0.6) is 0 Å². The predicted molar refractivity (Wildman–Crippen MR) is 88.4 cm³/mol. The molecule has 0 aliphatic heterocycles. The molecular weight excluding hydrogens is 370 g/mol. The molecule has 106 valence electrons. The van der Waals surface area contributed by atoms with Gasteiger partial charge in [-0.1, -0.05) is 30.0 Å². The van der Waals surface area contributed by atoms with Gasteiger partial charge in [-0.05, 0) is 39.5 Å². The average Bonchev–Trinajstić information content (AvgIpc) is 3.15. The van der Waals surface area contributed by atoms with E-state index < -0.39 is 0 Å². The van der Waals surface area contributed by atoms with E-state index in [-0.39, 0.29) is 5.78 Å². The molecule has 0 amide bonds. The van der Waals surface area contributed by atoms with Crippen LogP contribution in [0.25, 0.3) is 5.69 Å². The first-order valence-electron chi connectivity index (χ1n) is 6.10. The monoisotopic (exact) mass is 379 g/mol. The summed E-state index contributed by atoms with van der Waals surface area (Å²) in [5.41, 5.74) is 0.948. The Bertz CT molecular complexity index is 754. The van der Waals surface area contributed by atoms with E-state index >= 15 is 0 Å². The maximum atomic E-state index is 12.1. The minimum absolute atomic E-state index is 0.0814. The number of benzene rings is 1. The molecule has 4 nitrogen and oxygen atoms in total. The third kappa shape index (κ3) is 3.42. The lowest BCUT2D eigenvalue weighted by atomic mass is 10.3. The first-order valence-corrected chi connectivity index (χ1v) is 8.76. The molecule has 0 aliphatic carbocycles. The van der Waals surface area contributed by atoms with Crippen molar-refractivity contribution in [3.05, 3.63) is 57.5 Å². The van der Waals surface area contributed by atoms with Crippen molar-refractivity contribution < 1.29 is 4.79 Å². The van der Waals surface area contributed by atoms with Gasteiger partial charge in [0.1, 0.15) is 6.33 Å². The summed E-state index contributed by atoms with van der Waals surface area (Å²) >= 11 is 6.16. The largest absolute Gasteiger partial charge is 0.292 e. The molecule has 0 aliphatic rings. The lowest BCUT2D eigenvalue weighted by Gasteiger charge is -1.98. The molecule has 1 aromatic carbocycles. The molecule has 7 heteroatoms. The molecule has 0 bridgehead atoms. The van der Waals surface area contributed by atoms with Crippen molar-refractivity contribution in [2.45, 2.75) is 5.16 Å². The molecule has 2 aromatic heterocycles. The van der Waals surface area contributed by atoms with Crippen LogP contribution in [0.1, 0.15) is 9.67 Å². The Morgan fingerprint density at radius 3 is 2.81 bits per heavy atom. The fourth-order valence-electron chi connectivity index (χ4n) is 1.71. The van der Waals surface area contributed by atoms with Gasteiger partial charge in [-0.25, -0.2) is 9.67 Å². The summed E-state index contributed by atoms with van der Waals surface area (Å²) < 4.78 is 2.55. The van der Waals surface area contributed by atoms with Crippen LogP contribution in [-0.2, 0) is 0 Å². The third-order valence-corrected chi connectivity index (χ3v) is 5.42. The van der Waals surface area contributed by atoms with Gasteiger partial charge in [-0.3, -0.25) is 4.79 Å². The smallest absolute Gasteiger partial charge is 0.209 e. The molecule has 0 saturated heterocycles. The standard InChI is InChI=1S/C14H10BrN3OS2/c15-11-6-7-20-13(11)12(19)8-21-14-16-9-18(17-14)10-4-2-1-3-5-10/h1-7,9H,8H2. The minimum Gasteiger partial charge on any atom is -0.292 e. The van der Waals surface area contributed by atoms with Gasteiger partial charge in [0.2, 0.25) is 5.16 Å². The Hall–Kier alpha value is -1.44. The van der Waals surface area contributed by atoms with Crippen LogP contribution in [0.4, 0.5) is 0 Å². The van der Waals surface area contributed by atoms with Gasteiger partial charge in [0, 0.05) is 4.47 Å². The summed E-state index contributed by atoms with van der Waals surface area (Å²) in [4.78, 5) is 17.0. The highest BCUT2D eigenvalue weighted by Crippen LogP contribution is 2.25. The van der Waals surface area contributed by atoms with Crippen molar-refractivity contribution in [3.63, 3.8) is 0 Å². The summed E-state index contributed by atoms with van der Waals surface area (Å²) in [5, 5.41) is 6.85. The van der Waals surface area contributed by atoms with E-state index in [2.05, 4.69) is 26.0 Å². The van der Waals surface area contributed by atoms with Crippen LogP contribution in [0.3, 0.4) is 0 Å². The predicted octanol–water partition coefficient (Wildman–Crippen LogP) is 4.07. The highest BCUT2D eigenvalue weighted by atomic mass is 79.9. The average molecular weight is 380 g/mol. The first kappa shape index (κ1) is 14.5. The number of hydrogen-bond acceptors (Lipinski definition) is 5. The van der Waals surface area contributed by atoms with Gasteiger partial charge in [-0.15, -0.1) is 16.4 Å². The molecule has 0 radical (unpaired) electrons. The molecule has 3 aromatic rings. The van der Waals surface area contributed by atoms with Crippen molar-refractivity contribution in [1.29, 1.82) is 0 Å². The molecular formula is C14H10BrN3OS2. The number of thioether (sulfide) groups is 1. The Morgan fingerprint density at radius 1 is 1.29 bits per heavy atom. The zero-order valence-electron chi connectivity index (χ0n) is 10.8. The summed E-state index contributed by atoms with van der Waals surface area (Å²) in [7, 11) is 0. The molecule has 0 spiro atoms. The summed E-state index contributed by atoms with van der Waals surface area (Å²) in [6.45, 7) is 0. The number of thiophene rings is 1. The molecule has 3 rings (SSSR count). The van der Waals surface area contributed by atoms with E-state index in [1.165, 1.54) is 23.1 Å². The number of carbonyl (C=O) groups excluding carboxylic acids is 1. The van der Waals surface area contributed by atoms with Gasteiger partial charge in [0.25, 0.3) is 0 Å². The Balaban J connectivity index is 1.66. The number of halogens is 1. The van der Waals surface area contributed by atoms with E-state index in [9.17, 15) is 4.79 Å². The second-order valence-corrected chi connectivity index (χ2v) is 6.83. The molecule has 0 unspecified atom stereocenters. The fourth-order valence-corrected chi connectivity index (χ4v) is 4.00. The van der Waals surface area contributed by atoms with Crippen LogP contribution < -0.4 is 0 Å². The van der Waals surface area contributed by atoms with Gasteiger partial charge in [-0.2, -0.15) is 0 Å². The van der Waals surface area contributed by atoms with Crippen molar-refractivity contribution in [1.82, 2.24) is 14.8 Å². The minimum atomic E-state index is 0.0814. The normalized spacial score (nSPS) is 10.7. The number of hydrogen-bond donors (Lipinski definition) is 0. The quantitative estimate of drug-likeness (QED) is 0.495. The van der Waals surface area contributed by atoms with Gasteiger partial charge in [0.05, 0.1) is 16.3 Å². The lowest BCUT2D eigenvalue weighted by Crippen LogP contribution is -2.01. The highest BCUT2D eigenvalue weighted by Gasteiger charge is 2.13. The molecule has 0 atom stereocenters. The Labute approximate surface area is 138 Å². The molecule has 21 heavy (non-hydrogen) atoms. The third-order valence-electron chi connectivity index (χ3n) is 2.69. The fraction of sp³-hybridized carbons (Fsp3) is 0.0714. The van der Waals surface area contributed by atoms with Crippen molar-refractivity contribution >= 4 is 44.8 Å². The summed E-state index contributed by atoms with van der Waals surface area (Å²) in [6.07, 6.45) is 1.66. The zero-order chi connectivity index (χ0) is 14.7. The zero-order valence-corrected chi connectivity index (χ0v) is 14.0. The van der Waals surface area contributed by atoms with Gasteiger partial charge < -0.3 is 0 Å². The molecule has 0 fully saturated rings. The van der Waals surface area contributed by atoms with Crippen LogP contribution in [0.15, 0.2) is 57.7 Å². The van der Waals surface area contributed by atoms with Crippen molar-refractivity contribution in [2.75, 3.05) is 5.75 Å². The Kier molecular flexibility index (Phi) is 4.52. The number of carbonyl (C=O) groups is 1. The summed E-state index contributed by atoms with van der Waals surface area (Å²) in [6, 6.07) is 11.6. The van der Waals surface area contributed by atoms with E-state index in [1.54, 1.807) is 11.0 Å². The van der Waals surface area contributed by atoms with E-state index in [1.807, 2.05) is 41.8 Å². The van der Waals surface area contributed by atoms with Gasteiger partial charge >= 0.3 is 0 Å². The number of nitrogens with zero attached hydrogens (tertiary/aromatic N) is 3. The number of aromatic nitrogens is 3. The Morgan fingerprint density at radius 2 is 2.10 bits per heavy atom. The van der Waals surface area contributed by atoms with E-state index in [4.69, 9.17) is 0 Å². The maximum Gasteiger partial charge on any atom is 0.209 e. The van der Waals surface area contributed by atoms with Crippen LogP contribution >= 0.6 is 39.0 Å². The second kappa shape index (κ2) is 6.55. The van der Waals surface area contributed by atoms with Crippen molar-refractivity contribution in [2.24, 2.45) is 0 Å². The number of para-hydroxylation sites is 1. The van der Waals surface area contributed by atoms with Crippen LogP contribution in [0.2, 0.25) is 0 Å². The SMILES string of the molecule is O=C(CSc1ncn(-c2ccccc2)n1)c1sccc1Br. The lowest BCUT2D eigenvalue weighted by molar-refractivity contribution is 0.102. The van der Waals surface area contributed by atoms with Crippen LogP contribution in [-0.4, -0.2) is 26.3 Å². The van der Waals surface area contributed by atoms with E-state index in [0.29, 0.717) is 10.9 Å². The molecule has 2 heterocycles. The number of rotatable bonds is 5. The molecule has 0 saturated carbocycles. The molecule has 0 N–H and O–H groups in total. The van der Waals surface area contributed by atoms with Crippen LogP contribution in [0, 0.1) is 0 Å². The summed E-state index contributed by atoms with van der Waals surface area (Å²) in [5.74, 6) is 0.413. The van der Waals surface area contributed by atoms with E-state index in [0.717, 1.165) is 15.0 Å². The number of Topliss-reactive ketones (excluding diaryl/α,β-unsaturated/α-hetero) is 1. The maximum absolute atomic E-state index is 12.1. The highest BCUT2D eigenvalue weighted by molar-refractivity contribution is 9.10. The first-order chi connectivity index (χ1) is 10.2. The number of ketones is 1.